The normalized spacial score (nSPS) is 12.3. The molecule has 0 saturated heterocycles. The number of hydrogen-bond donors (Lipinski definition) is 2. The van der Waals surface area contributed by atoms with Crippen molar-refractivity contribution < 1.29 is 23.4 Å². The van der Waals surface area contributed by atoms with Gasteiger partial charge in [0.25, 0.3) is 5.91 Å². The second-order valence-electron chi connectivity index (χ2n) is 4.79. The van der Waals surface area contributed by atoms with Gasteiger partial charge in [-0.2, -0.15) is 0 Å². The molecule has 1 unspecified atom stereocenters. The number of nitrogens with one attached hydrogen (secondary N) is 1. The van der Waals surface area contributed by atoms with E-state index in [1.807, 2.05) is 13.8 Å². The predicted molar refractivity (Wildman–Crippen MR) is 70.7 cm³/mol. The summed E-state index contributed by atoms with van der Waals surface area (Å²) in [6, 6.07) is 1.77. The summed E-state index contributed by atoms with van der Waals surface area (Å²) in [4.78, 5) is 11.9. The van der Waals surface area contributed by atoms with E-state index in [0.29, 0.717) is 6.42 Å². The van der Waals surface area contributed by atoms with E-state index in [1.54, 1.807) is 0 Å². The maximum atomic E-state index is 13.6. The number of carbonyl (C=O) groups is 1. The van der Waals surface area contributed by atoms with E-state index < -0.39 is 35.0 Å². The molecule has 1 atom stereocenters. The Labute approximate surface area is 116 Å². The molecule has 0 heterocycles. The lowest BCUT2D eigenvalue weighted by molar-refractivity contribution is 0.0912. The van der Waals surface area contributed by atoms with Gasteiger partial charge >= 0.3 is 0 Å². The highest BCUT2D eigenvalue weighted by molar-refractivity contribution is 5.97. The Morgan fingerprint density at radius 2 is 1.95 bits per heavy atom. The zero-order valence-corrected chi connectivity index (χ0v) is 11.7. The lowest BCUT2D eigenvalue weighted by Gasteiger charge is -2.15. The maximum absolute atomic E-state index is 13.6. The van der Waals surface area contributed by atoms with Gasteiger partial charge in [0.1, 0.15) is 11.4 Å². The first kappa shape index (κ1) is 16.4. The van der Waals surface area contributed by atoms with Crippen LogP contribution in [0.2, 0.25) is 0 Å². The van der Waals surface area contributed by atoms with Crippen molar-refractivity contribution in [2.24, 2.45) is 5.92 Å². The predicted octanol–water partition coefficient (Wildman–Crippen LogP) is 2.11. The van der Waals surface area contributed by atoms with Crippen LogP contribution in [0, 0.1) is 17.6 Å². The van der Waals surface area contributed by atoms with Gasteiger partial charge in [-0.15, -0.1) is 0 Å². The minimum absolute atomic E-state index is 0.0624. The molecule has 2 N–H and O–H groups in total. The van der Waals surface area contributed by atoms with Crippen molar-refractivity contribution in [2.75, 3.05) is 13.7 Å². The highest BCUT2D eigenvalue weighted by atomic mass is 19.1. The summed E-state index contributed by atoms with van der Waals surface area (Å²) in [5.74, 6) is -2.79. The SMILES string of the molecule is COc1c(F)ccc(F)c1C(=O)NCCC(O)C(C)C. The summed E-state index contributed by atoms with van der Waals surface area (Å²) in [5.41, 5.74) is -0.466. The molecule has 0 aromatic heterocycles. The Morgan fingerprint density at radius 3 is 2.50 bits per heavy atom. The molecular weight excluding hydrogens is 268 g/mol. The van der Waals surface area contributed by atoms with Gasteiger partial charge in [0.2, 0.25) is 0 Å². The van der Waals surface area contributed by atoms with E-state index in [9.17, 15) is 18.7 Å². The van der Waals surface area contributed by atoms with Crippen LogP contribution >= 0.6 is 0 Å². The summed E-state index contributed by atoms with van der Waals surface area (Å²) in [7, 11) is 1.16. The topological polar surface area (TPSA) is 58.6 Å². The van der Waals surface area contributed by atoms with Crippen molar-refractivity contribution in [2.45, 2.75) is 26.4 Å². The average molecular weight is 287 g/mol. The minimum Gasteiger partial charge on any atom is -0.493 e. The molecule has 0 aliphatic carbocycles. The number of methoxy groups -OCH3 is 1. The van der Waals surface area contributed by atoms with Crippen molar-refractivity contribution >= 4 is 5.91 Å². The molecular formula is C14H19F2NO3. The molecule has 1 rings (SSSR count). The van der Waals surface area contributed by atoms with E-state index in [4.69, 9.17) is 4.74 Å². The summed E-state index contributed by atoms with van der Waals surface area (Å²) >= 11 is 0. The fraction of sp³-hybridized carbons (Fsp3) is 0.500. The van der Waals surface area contributed by atoms with Gasteiger partial charge in [0, 0.05) is 6.54 Å². The van der Waals surface area contributed by atoms with Crippen LogP contribution in [0.5, 0.6) is 5.75 Å². The quantitative estimate of drug-likeness (QED) is 0.842. The first-order valence-electron chi connectivity index (χ1n) is 6.36. The molecule has 0 fully saturated rings. The van der Waals surface area contributed by atoms with Crippen LogP contribution in [0.1, 0.15) is 30.6 Å². The Bertz CT molecular complexity index is 478. The standard InChI is InChI=1S/C14H19F2NO3/c1-8(2)11(18)6-7-17-14(19)12-9(15)4-5-10(16)13(12)20-3/h4-5,8,11,18H,6-7H2,1-3H3,(H,17,19). The van der Waals surface area contributed by atoms with Crippen molar-refractivity contribution in [1.82, 2.24) is 5.32 Å². The van der Waals surface area contributed by atoms with Crippen LogP contribution in [0.3, 0.4) is 0 Å². The average Bonchev–Trinajstić information content (AvgIpc) is 2.40. The molecule has 1 aromatic carbocycles. The number of amides is 1. The number of aliphatic hydroxyl groups excluding tert-OH is 1. The third-order valence-corrected chi connectivity index (χ3v) is 2.99. The van der Waals surface area contributed by atoms with Gasteiger partial charge in [-0.25, -0.2) is 8.78 Å². The Balaban J connectivity index is 2.76. The first-order valence-corrected chi connectivity index (χ1v) is 6.36. The largest absolute Gasteiger partial charge is 0.493 e. The molecule has 20 heavy (non-hydrogen) atoms. The number of carbonyl (C=O) groups excluding carboxylic acids is 1. The fourth-order valence-corrected chi connectivity index (χ4v) is 1.70. The second-order valence-corrected chi connectivity index (χ2v) is 4.79. The van der Waals surface area contributed by atoms with Crippen molar-refractivity contribution in [3.63, 3.8) is 0 Å². The Hall–Kier alpha value is -1.69. The Kier molecular flexibility index (Phi) is 5.88. The number of benzene rings is 1. The smallest absolute Gasteiger partial charge is 0.258 e. The van der Waals surface area contributed by atoms with Crippen molar-refractivity contribution in [3.8, 4) is 5.75 Å². The third kappa shape index (κ3) is 3.90. The summed E-state index contributed by atoms with van der Waals surface area (Å²) in [5, 5.41) is 12.0. The number of rotatable bonds is 6. The monoisotopic (exact) mass is 287 g/mol. The molecule has 1 aromatic rings. The zero-order chi connectivity index (χ0) is 15.3. The van der Waals surface area contributed by atoms with Gasteiger partial charge < -0.3 is 15.2 Å². The van der Waals surface area contributed by atoms with Crippen LogP contribution < -0.4 is 10.1 Å². The van der Waals surface area contributed by atoms with Crippen molar-refractivity contribution in [3.05, 3.63) is 29.3 Å². The molecule has 0 aliphatic rings. The van der Waals surface area contributed by atoms with Crippen LogP contribution in [0.15, 0.2) is 12.1 Å². The zero-order valence-electron chi connectivity index (χ0n) is 11.7. The van der Waals surface area contributed by atoms with Gasteiger partial charge in [-0.1, -0.05) is 13.8 Å². The van der Waals surface area contributed by atoms with E-state index >= 15 is 0 Å². The van der Waals surface area contributed by atoms with Gasteiger partial charge in [0.15, 0.2) is 11.6 Å². The molecule has 0 saturated carbocycles. The fourth-order valence-electron chi connectivity index (χ4n) is 1.70. The third-order valence-electron chi connectivity index (χ3n) is 2.99. The lowest BCUT2D eigenvalue weighted by atomic mass is 10.0. The maximum Gasteiger partial charge on any atom is 0.258 e. The van der Waals surface area contributed by atoms with Crippen LogP contribution in [-0.4, -0.2) is 30.8 Å². The summed E-state index contributed by atoms with van der Waals surface area (Å²) in [6.45, 7) is 3.86. The van der Waals surface area contributed by atoms with Crippen LogP contribution in [0.4, 0.5) is 8.78 Å². The van der Waals surface area contributed by atoms with Crippen molar-refractivity contribution in [1.29, 1.82) is 0 Å². The van der Waals surface area contributed by atoms with E-state index in [2.05, 4.69) is 5.32 Å². The molecule has 112 valence electrons. The molecule has 4 nitrogen and oxygen atoms in total. The minimum atomic E-state index is -0.856. The first-order chi connectivity index (χ1) is 9.38. The Morgan fingerprint density at radius 1 is 1.35 bits per heavy atom. The van der Waals surface area contributed by atoms with Gasteiger partial charge in [-0.3, -0.25) is 4.79 Å². The van der Waals surface area contributed by atoms with E-state index in [-0.39, 0.29) is 12.5 Å². The lowest BCUT2D eigenvalue weighted by Crippen LogP contribution is -2.29. The molecule has 0 spiro atoms. The highest BCUT2D eigenvalue weighted by Gasteiger charge is 2.21. The van der Waals surface area contributed by atoms with E-state index in [0.717, 1.165) is 19.2 Å². The number of halogens is 2. The molecule has 1 amide bonds. The molecule has 0 aliphatic heterocycles. The highest BCUT2D eigenvalue weighted by Crippen LogP contribution is 2.25. The van der Waals surface area contributed by atoms with Gasteiger partial charge in [0.05, 0.1) is 13.2 Å². The van der Waals surface area contributed by atoms with E-state index in [1.165, 1.54) is 0 Å². The molecule has 6 heteroatoms. The summed E-state index contributed by atoms with van der Waals surface area (Å²) in [6.07, 6.45) is -0.225. The molecule has 0 radical (unpaired) electrons. The van der Waals surface area contributed by atoms with Crippen LogP contribution in [-0.2, 0) is 0 Å². The summed E-state index contributed by atoms with van der Waals surface area (Å²) < 4.78 is 31.8. The number of aliphatic hydroxyl groups is 1. The second kappa shape index (κ2) is 7.19. The van der Waals surface area contributed by atoms with Crippen LogP contribution in [0.25, 0.3) is 0 Å². The number of ether oxygens (including phenoxy) is 1. The van der Waals surface area contributed by atoms with Gasteiger partial charge in [-0.05, 0) is 24.5 Å². The molecule has 0 bridgehead atoms. The number of hydrogen-bond acceptors (Lipinski definition) is 3.